The van der Waals surface area contributed by atoms with Crippen molar-refractivity contribution in [3.05, 3.63) is 0 Å². The molecule has 0 heterocycles. The number of carbonyl (C=O) groups excluding carboxylic acids is 1. The molecule has 0 saturated heterocycles. The van der Waals surface area contributed by atoms with Crippen molar-refractivity contribution in [2.45, 2.75) is 53.0 Å². The minimum atomic E-state index is 0.0944. The minimum absolute atomic E-state index is 0.0944. The zero-order chi connectivity index (χ0) is 11.7. The summed E-state index contributed by atoms with van der Waals surface area (Å²) >= 11 is 0. The second-order valence-corrected chi connectivity index (χ2v) is 4.44. The van der Waals surface area contributed by atoms with E-state index in [1.807, 2.05) is 13.8 Å². The SMILES string of the molecule is CCCC(C)NCCCNC(=O)C(C)C. The molecule has 0 radical (unpaired) electrons. The Bertz CT molecular complexity index is 169. The number of hydrogen-bond acceptors (Lipinski definition) is 2. The van der Waals surface area contributed by atoms with Gasteiger partial charge in [0.15, 0.2) is 0 Å². The van der Waals surface area contributed by atoms with Gasteiger partial charge in [0.1, 0.15) is 0 Å². The summed E-state index contributed by atoms with van der Waals surface area (Å²) in [7, 11) is 0. The fourth-order valence-corrected chi connectivity index (χ4v) is 1.39. The van der Waals surface area contributed by atoms with Crippen LogP contribution in [0.4, 0.5) is 0 Å². The zero-order valence-corrected chi connectivity index (χ0v) is 10.6. The van der Waals surface area contributed by atoms with Gasteiger partial charge in [0, 0.05) is 18.5 Å². The molecule has 1 amide bonds. The number of nitrogens with one attached hydrogen (secondary N) is 2. The van der Waals surface area contributed by atoms with Gasteiger partial charge < -0.3 is 10.6 Å². The number of carbonyl (C=O) groups is 1. The molecule has 0 aliphatic carbocycles. The summed E-state index contributed by atoms with van der Waals surface area (Å²) in [4.78, 5) is 11.2. The van der Waals surface area contributed by atoms with Crippen LogP contribution in [-0.2, 0) is 4.79 Å². The summed E-state index contributed by atoms with van der Waals surface area (Å²) in [5.74, 6) is 0.244. The highest BCUT2D eigenvalue weighted by molar-refractivity contribution is 5.77. The predicted octanol–water partition coefficient (Wildman–Crippen LogP) is 1.93. The summed E-state index contributed by atoms with van der Waals surface area (Å²) in [6.45, 7) is 9.99. The van der Waals surface area contributed by atoms with Crippen LogP contribution in [0.3, 0.4) is 0 Å². The molecule has 3 nitrogen and oxygen atoms in total. The van der Waals surface area contributed by atoms with Crippen LogP contribution >= 0.6 is 0 Å². The molecule has 0 aliphatic rings. The second kappa shape index (κ2) is 8.72. The Balaban J connectivity index is 3.28. The molecule has 0 spiro atoms. The lowest BCUT2D eigenvalue weighted by Crippen LogP contribution is -2.32. The van der Waals surface area contributed by atoms with E-state index in [0.717, 1.165) is 19.5 Å². The first kappa shape index (κ1) is 14.4. The van der Waals surface area contributed by atoms with Gasteiger partial charge in [-0.15, -0.1) is 0 Å². The van der Waals surface area contributed by atoms with Crippen molar-refractivity contribution in [2.75, 3.05) is 13.1 Å². The van der Waals surface area contributed by atoms with E-state index in [1.165, 1.54) is 12.8 Å². The lowest BCUT2D eigenvalue weighted by atomic mass is 10.2. The average molecular weight is 214 g/mol. The third-order valence-corrected chi connectivity index (χ3v) is 2.39. The lowest BCUT2D eigenvalue weighted by Gasteiger charge is -2.13. The lowest BCUT2D eigenvalue weighted by molar-refractivity contribution is -0.123. The first-order chi connectivity index (χ1) is 7.07. The highest BCUT2D eigenvalue weighted by Crippen LogP contribution is 1.94. The average Bonchev–Trinajstić information content (AvgIpc) is 2.17. The fourth-order valence-electron chi connectivity index (χ4n) is 1.39. The van der Waals surface area contributed by atoms with Crippen LogP contribution in [0.1, 0.15) is 47.0 Å². The van der Waals surface area contributed by atoms with Gasteiger partial charge in [0.2, 0.25) is 5.91 Å². The minimum Gasteiger partial charge on any atom is -0.356 e. The molecule has 0 fully saturated rings. The third-order valence-electron chi connectivity index (χ3n) is 2.39. The first-order valence-corrected chi connectivity index (χ1v) is 6.09. The van der Waals surface area contributed by atoms with Gasteiger partial charge in [-0.2, -0.15) is 0 Å². The van der Waals surface area contributed by atoms with Crippen molar-refractivity contribution in [3.8, 4) is 0 Å². The van der Waals surface area contributed by atoms with Gasteiger partial charge in [-0.05, 0) is 26.3 Å². The third kappa shape index (κ3) is 8.43. The van der Waals surface area contributed by atoms with E-state index in [-0.39, 0.29) is 11.8 Å². The molecular weight excluding hydrogens is 188 g/mol. The Morgan fingerprint density at radius 3 is 2.40 bits per heavy atom. The fraction of sp³-hybridized carbons (Fsp3) is 0.917. The molecule has 0 bridgehead atoms. The van der Waals surface area contributed by atoms with Crippen LogP contribution in [-0.4, -0.2) is 25.0 Å². The van der Waals surface area contributed by atoms with Crippen molar-refractivity contribution >= 4 is 5.91 Å². The van der Waals surface area contributed by atoms with E-state index in [2.05, 4.69) is 24.5 Å². The van der Waals surface area contributed by atoms with Crippen LogP contribution in [0.25, 0.3) is 0 Å². The largest absolute Gasteiger partial charge is 0.356 e. The van der Waals surface area contributed by atoms with E-state index >= 15 is 0 Å². The summed E-state index contributed by atoms with van der Waals surface area (Å²) < 4.78 is 0. The second-order valence-electron chi connectivity index (χ2n) is 4.44. The summed E-state index contributed by atoms with van der Waals surface area (Å²) in [6.07, 6.45) is 3.45. The monoisotopic (exact) mass is 214 g/mol. The first-order valence-electron chi connectivity index (χ1n) is 6.09. The molecule has 0 aromatic rings. The molecule has 0 saturated carbocycles. The molecule has 0 rings (SSSR count). The maximum Gasteiger partial charge on any atom is 0.222 e. The molecule has 1 unspecified atom stereocenters. The van der Waals surface area contributed by atoms with Gasteiger partial charge in [-0.3, -0.25) is 4.79 Å². The van der Waals surface area contributed by atoms with E-state index in [0.29, 0.717) is 6.04 Å². The molecular formula is C12H26N2O. The quantitative estimate of drug-likeness (QED) is 0.606. The van der Waals surface area contributed by atoms with Gasteiger partial charge >= 0.3 is 0 Å². The van der Waals surface area contributed by atoms with Crippen LogP contribution in [0.15, 0.2) is 0 Å². The molecule has 0 aromatic heterocycles. The summed E-state index contributed by atoms with van der Waals surface area (Å²) in [6, 6.07) is 0.593. The van der Waals surface area contributed by atoms with Crippen LogP contribution in [0, 0.1) is 5.92 Å². The molecule has 2 N–H and O–H groups in total. The maximum absolute atomic E-state index is 11.2. The Kier molecular flexibility index (Phi) is 8.38. The molecule has 3 heteroatoms. The topological polar surface area (TPSA) is 41.1 Å². The smallest absolute Gasteiger partial charge is 0.222 e. The van der Waals surface area contributed by atoms with Crippen molar-refractivity contribution in [1.29, 1.82) is 0 Å². The molecule has 0 aliphatic heterocycles. The Morgan fingerprint density at radius 1 is 1.20 bits per heavy atom. The number of amides is 1. The van der Waals surface area contributed by atoms with Crippen LogP contribution < -0.4 is 10.6 Å². The molecule has 0 aromatic carbocycles. The van der Waals surface area contributed by atoms with E-state index < -0.39 is 0 Å². The van der Waals surface area contributed by atoms with Gasteiger partial charge in [0.05, 0.1) is 0 Å². The highest BCUT2D eigenvalue weighted by atomic mass is 16.1. The number of rotatable bonds is 8. The Hall–Kier alpha value is -0.570. The van der Waals surface area contributed by atoms with Crippen molar-refractivity contribution < 1.29 is 4.79 Å². The zero-order valence-electron chi connectivity index (χ0n) is 10.6. The summed E-state index contributed by atoms with van der Waals surface area (Å²) in [5.41, 5.74) is 0. The normalized spacial score (nSPS) is 12.9. The van der Waals surface area contributed by atoms with Gasteiger partial charge in [0.25, 0.3) is 0 Å². The Morgan fingerprint density at radius 2 is 1.87 bits per heavy atom. The highest BCUT2D eigenvalue weighted by Gasteiger charge is 2.04. The maximum atomic E-state index is 11.2. The van der Waals surface area contributed by atoms with Crippen LogP contribution in [0.5, 0.6) is 0 Å². The summed E-state index contributed by atoms with van der Waals surface area (Å²) in [5, 5.41) is 6.34. The van der Waals surface area contributed by atoms with Crippen LogP contribution in [0.2, 0.25) is 0 Å². The van der Waals surface area contributed by atoms with Crippen molar-refractivity contribution in [1.82, 2.24) is 10.6 Å². The molecule has 15 heavy (non-hydrogen) atoms. The van der Waals surface area contributed by atoms with Crippen molar-refractivity contribution in [2.24, 2.45) is 5.92 Å². The standard InChI is InChI=1S/C12H26N2O/c1-5-7-11(4)13-8-6-9-14-12(15)10(2)3/h10-11,13H,5-9H2,1-4H3,(H,14,15). The van der Waals surface area contributed by atoms with E-state index in [9.17, 15) is 4.79 Å². The van der Waals surface area contributed by atoms with E-state index in [1.54, 1.807) is 0 Å². The van der Waals surface area contributed by atoms with Gasteiger partial charge in [-0.25, -0.2) is 0 Å². The van der Waals surface area contributed by atoms with Crippen molar-refractivity contribution in [3.63, 3.8) is 0 Å². The molecule has 90 valence electrons. The van der Waals surface area contributed by atoms with Gasteiger partial charge in [-0.1, -0.05) is 27.2 Å². The molecule has 1 atom stereocenters. The van der Waals surface area contributed by atoms with E-state index in [4.69, 9.17) is 0 Å². The predicted molar refractivity (Wildman–Crippen MR) is 64.8 cm³/mol. The number of hydrogen-bond donors (Lipinski definition) is 2. The Labute approximate surface area is 94.0 Å².